The Morgan fingerprint density at radius 2 is 2.12 bits per heavy atom. The summed E-state index contributed by atoms with van der Waals surface area (Å²) >= 11 is 1.41. The number of nitrogens with one attached hydrogen (secondary N) is 1. The van der Waals surface area contributed by atoms with E-state index in [1.54, 1.807) is 13.3 Å². The Labute approximate surface area is 195 Å². The van der Waals surface area contributed by atoms with E-state index in [1.165, 1.54) is 16.7 Å². The van der Waals surface area contributed by atoms with Crippen molar-refractivity contribution in [2.24, 2.45) is 18.9 Å². The molecule has 5 unspecified atom stereocenters. The smallest absolute Gasteiger partial charge is 0.264 e. The Kier molecular flexibility index (Phi) is 5.49. The molecule has 12 heteroatoms. The highest BCUT2D eigenvalue weighted by atomic mass is 32.2. The zero-order valence-corrected chi connectivity index (χ0v) is 19.6. The summed E-state index contributed by atoms with van der Waals surface area (Å²) in [7, 11) is 1.90. The van der Waals surface area contributed by atoms with E-state index in [-0.39, 0.29) is 46.8 Å². The van der Waals surface area contributed by atoms with Crippen LogP contribution in [0.3, 0.4) is 0 Å². The maximum absolute atomic E-state index is 12.9. The number of carboxylic acids is 1. The molecule has 1 aromatic heterocycles. The Balaban J connectivity index is 1.21. The van der Waals surface area contributed by atoms with Crippen molar-refractivity contribution in [3.63, 3.8) is 0 Å². The second-order valence-corrected chi connectivity index (χ2v) is 10.8. The number of thioether (sulfide) groups is 1. The number of nitrogens with zero attached hydrogens (tertiary/aromatic N) is 5. The van der Waals surface area contributed by atoms with Gasteiger partial charge in [-0.25, -0.2) is 4.57 Å². The molecule has 33 heavy (non-hydrogen) atoms. The number of carbonyl (C=O) groups is 3. The third-order valence-corrected chi connectivity index (χ3v) is 8.71. The number of aromatic nitrogens is 3. The summed E-state index contributed by atoms with van der Waals surface area (Å²) in [6.45, 7) is 5.25. The first-order valence-electron chi connectivity index (χ1n) is 11.2. The summed E-state index contributed by atoms with van der Waals surface area (Å²) in [5, 5.41) is 29.4. The van der Waals surface area contributed by atoms with Crippen LogP contribution in [0.15, 0.2) is 23.3 Å². The first-order chi connectivity index (χ1) is 15.7. The number of amides is 2. The molecule has 6 atom stereocenters. The number of likely N-dealkylation sites (tertiary alicyclic amines) is 1. The average Bonchev–Trinajstić information content (AvgIpc) is 3.40. The normalized spacial score (nSPS) is 32.6. The van der Waals surface area contributed by atoms with Gasteiger partial charge in [0.1, 0.15) is 6.04 Å². The zero-order chi connectivity index (χ0) is 23.6. The van der Waals surface area contributed by atoms with E-state index in [2.05, 4.69) is 10.4 Å². The van der Waals surface area contributed by atoms with Gasteiger partial charge in [0.15, 0.2) is 0 Å². The quantitative estimate of drug-likeness (QED) is 0.337. The average molecular weight is 477 g/mol. The van der Waals surface area contributed by atoms with Crippen LogP contribution >= 0.6 is 11.8 Å². The number of carboxylic acid groups (broad SMARTS) is 1. The highest BCUT2D eigenvalue weighted by Gasteiger charge is 2.59. The second-order valence-electron chi connectivity index (χ2n) is 9.48. The first-order valence-corrected chi connectivity index (χ1v) is 12.1. The molecule has 3 fully saturated rings. The largest absolute Gasteiger partial charge is 0.543 e. The fraction of sp³-hybridized carbons (Fsp3) is 0.667. The molecule has 0 spiro atoms. The van der Waals surface area contributed by atoms with Crippen molar-refractivity contribution in [1.82, 2.24) is 24.9 Å². The molecular weight excluding hydrogens is 448 g/mol. The second kappa shape index (κ2) is 8.10. The van der Waals surface area contributed by atoms with Gasteiger partial charge in [-0.1, -0.05) is 6.92 Å². The van der Waals surface area contributed by atoms with Gasteiger partial charge in [0.05, 0.1) is 55.9 Å². The Bertz CT molecular complexity index is 1030. The third kappa shape index (κ3) is 3.55. The SMILES string of the molecule is CC(O)C1C(=O)N2C(C(=O)[O-])=C(SC3CNC(C(=O)N4CC(n5c[n+](C)cn5)C4)C3)C(C)[C@H]12. The molecule has 0 aromatic carbocycles. The van der Waals surface area contributed by atoms with Gasteiger partial charge in [0, 0.05) is 27.7 Å². The van der Waals surface area contributed by atoms with Crippen molar-refractivity contribution < 1.29 is 29.2 Å². The van der Waals surface area contributed by atoms with Crippen LogP contribution in [0.2, 0.25) is 0 Å². The van der Waals surface area contributed by atoms with Crippen LogP contribution in [-0.4, -0.2) is 85.5 Å². The molecule has 2 N–H and O–H groups in total. The van der Waals surface area contributed by atoms with Crippen molar-refractivity contribution >= 4 is 29.5 Å². The molecule has 5 rings (SSSR count). The fourth-order valence-electron chi connectivity index (χ4n) is 5.43. The summed E-state index contributed by atoms with van der Waals surface area (Å²) < 4.78 is 3.73. The highest BCUT2D eigenvalue weighted by Crippen LogP contribution is 2.51. The van der Waals surface area contributed by atoms with E-state index < -0.39 is 18.0 Å². The van der Waals surface area contributed by atoms with Gasteiger partial charge in [0.2, 0.25) is 18.1 Å². The molecule has 2 amide bonds. The number of aryl methyl sites for hydroxylation is 1. The van der Waals surface area contributed by atoms with E-state index >= 15 is 0 Å². The summed E-state index contributed by atoms with van der Waals surface area (Å²) in [5.41, 5.74) is -0.0767. The Hall–Kier alpha value is -2.44. The zero-order valence-electron chi connectivity index (χ0n) is 18.7. The number of aliphatic hydroxyl groups is 1. The standard InChI is InChI=1S/C21H28N6O5S/c1-10-16-15(11(2)28)20(30)27(16)17(21(31)32)18(10)33-13-4-14(22-5-13)19(29)25-6-12(7-25)26-9-24(3)8-23-26/h8-16,22,28H,4-7H2,1-3H3/t10?,11?,13?,14?,15?,16-/m1/s1. The lowest BCUT2D eigenvalue weighted by molar-refractivity contribution is -0.672. The number of carbonyl (C=O) groups excluding carboxylic acids is 3. The number of aliphatic carboxylic acids is 1. The maximum Gasteiger partial charge on any atom is 0.264 e. The highest BCUT2D eigenvalue weighted by molar-refractivity contribution is 8.03. The van der Waals surface area contributed by atoms with Crippen molar-refractivity contribution in [2.45, 2.75) is 49.7 Å². The van der Waals surface area contributed by atoms with Crippen LogP contribution in [0.5, 0.6) is 0 Å². The van der Waals surface area contributed by atoms with Crippen molar-refractivity contribution in [2.75, 3.05) is 19.6 Å². The predicted molar refractivity (Wildman–Crippen MR) is 114 cm³/mol. The number of rotatable bonds is 6. The van der Waals surface area contributed by atoms with Crippen molar-refractivity contribution in [3.05, 3.63) is 23.3 Å². The molecule has 3 saturated heterocycles. The van der Waals surface area contributed by atoms with E-state index in [1.807, 2.05) is 34.4 Å². The minimum atomic E-state index is -1.37. The lowest BCUT2D eigenvalue weighted by Crippen LogP contribution is -2.64. The maximum atomic E-state index is 12.9. The summed E-state index contributed by atoms with van der Waals surface area (Å²) in [6.07, 6.45) is 3.36. The van der Waals surface area contributed by atoms with Crippen LogP contribution in [-0.2, 0) is 21.4 Å². The van der Waals surface area contributed by atoms with Crippen LogP contribution in [0.1, 0.15) is 26.3 Å². The lowest BCUT2D eigenvalue weighted by atomic mass is 9.79. The number of fused-ring (bicyclic) bond motifs is 1. The van der Waals surface area contributed by atoms with Gasteiger partial charge < -0.3 is 30.1 Å². The molecule has 0 saturated carbocycles. The molecule has 0 radical (unpaired) electrons. The molecular formula is C21H28N6O5S. The van der Waals surface area contributed by atoms with Crippen LogP contribution in [0.25, 0.3) is 0 Å². The molecule has 4 aliphatic heterocycles. The van der Waals surface area contributed by atoms with Crippen molar-refractivity contribution in [1.29, 1.82) is 0 Å². The molecule has 0 bridgehead atoms. The topological polar surface area (TPSA) is 135 Å². The van der Waals surface area contributed by atoms with Crippen LogP contribution < -0.4 is 15.0 Å². The lowest BCUT2D eigenvalue weighted by Gasteiger charge is -2.47. The van der Waals surface area contributed by atoms with E-state index in [0.717, 1.165) is 0 Å². The molecule has 5 heterocycles. The summed E-state index contributed by atoms with van der Waals surface area (Å²) in [6, 6.07) is -0.493. The van der Waals surface area contributed by atoms with Crippen LogP contribution in [0.4, 0.5) is 0 Å². The molecule has 178 valence electrons. The summed E-state index contributed by atoms with van der Waals surface area (Å²) in [4.78, 5) is 41.0. The van der Waals surface area contributed by atoms with Gasteiger partial charge >= 0.3 is 0 Å². The molecule has 0 aliphatic carbocycles. The number of aliphatic hydroxyl groups excluding tert-OH is 1. The van der Waals surface area contributed by atoms with Gasteiger partial charge in [-0.2, -0.15) is 0 Å². The van der Waals surface area contributed by atoms with Gasteiger partial charge in [-0.05, 0) is 13.3 Å². The van der Waals surface area contributed by atoms with E-state index in [4.69, 9.17) is 0 Å². The summed E-state index contributed by atoms with van der Waals surface area (Å²) in [5.74, 6) is -2.50. The predicted octanol–water partition coefficient (Wildman–Crippen LogP) is -2.63. The van der Waals surface area contributed by atoms with E-state index in [0.29, 0.717) is 31.0 Å². The molecule has 1 aromatic rings. The Morgan fingerprint density at radius 3 is 2.73 bits per heavy atom. The van der Waals surface area contributed by atoms with Crippen LogP contribution in [0, 0.1) is 11.8 Å². The van der Waals surface area contributed by atoms with Gasteiger partial charge in [-0.15, -0.1) is 16.4 Å². The minimum absolute atomic E-state index is 0.00629. The van der Waals surface area contributed by atoms with Gasteiger partial charge in [0.25, 0.3) is 6.33 Å². The minimum Gasteiger partial charge on any atom is -0.543 e. The number of hydrogen-bond donors (Lipinski definition) is 2. The molecule has 4 aliphatic rings. The van der Waals surface area contributed by atoms with Crippen molar-refractivity contribution in [3.8, 4) is 0 Å². The fourth-order valence-corrected chi connectivity index (χ4v) is 6.90. The van der Waals surface area contributed by atoms with Gasteiger partial charge in [-0.3, -0.25) is 9.59 Å². The third-order valence-electron chi connectivity index (χ3n) is 7.20. The monoisotopic (exact) mass is 476 g/mol. The number of hydrogen-bond acceptors (Lipinski definition) is 8. The number of β-lactam (4-membered cyclic amide) rings is 1. The first kappa shape index (κ1) is 22.4. The molecule has 11 nitrogen and oxygen atoms in total. The van der Waals surface area contributed by atoms with E-state index in [9.17, 15) is 24.6 Å². The Morgan fingerprint density at radius 1 is 1.39 bits per heavy atom.